The van der Waals surface area contributed by atoms with E-state index >= 15 is 0 Å². The molecule has 1 amide bonds. The van der Waals surface area contributed by atoms with Gasteiger partial charge in [-0.05, 0) is 31.9 Å². The van der Waals surface area contributed by atoms with Crippen LogP contribution in [0.15, 0.2) is 53.5 Å². The van der Waals surface area contributed by atoms with Crippen LogP contribution in [0.4, 0.5) is 0 Å². The summed E-state index contributed by atoms with van der Waals surface area (Å²) in [6, 6.07) is 8.82. The minimum atomic E-state index is -1.59. The molecule has 1 aliphatic carbocycles. The number of rotatable bonds is 5. The van der Waals surface area contributed by atoms with Crippen LogP contribution >= 0.6 is 0 Å². The SMILES string of the molecule is COc1cc(O)c2c(c1C(=O)NCc1ccccc1C)OC1=CC(O)=C(C(C)=O)C(=O)[C@]12C. The lowest BCUT2D eigenvalue weighted by Gasteiger charge is -2.27. The molecular formula is C25H23NO7. The summed E-state index contributed by atoms with van der Waals surface area (Å²) in [5.41, 5.74) is -0.0360. The monoisotopic (exact) mass is 449 g/mol. The van der Waals surface area contributed by atoms with Crippen LogP contribution in [-0.4, -0.2) is 34.8 Å². The molecule has 0 saturated carbocycles. The Kier molecular flexibility index (Phi) is 5.24. The van der Waals surface area contributed by atoms with Crippen LogP contribution in [0.5, 0.6) is 17.2 Å². The Labute approximate surface area is 190 Å². The molecule has 2 aromatic carbocycles. The molecule has 0 aromatic heterocycles. The van der Waals surface area contributed by atoms with E-state index in [1.54, 1.807) is 0 Å². The predicted octanol–water partition coefficient (Wildman–Crippen LogP) is 3.16. The Morgan fingerprint density at radius 1 is 1.21 bits per heavy atom. The molecule has 33 heavy (non-hydrogen) atoms. The molecule has 0 bridgehead atoms. The van der Waals surface area contributed by atoms with Crippen molar-refractivity contribution < 1.29 is 34.1 Å². The number of hydrogen-bond donors (Lipinski definition) is 3. The van der Waals surface area contributed by atoms with Crippen LogP contribution in [0.25, 0.3) is 0 Å². The van der Waals surface area contributed by atoms with Gasteiger partial charge in [-0.25, -0.2) is 0 Å². The third-order valence-corrected chi connectivity index (χ3v) is 6.13. The number of aryl methyl sites for hydroxylation is 1. The number of hydrogen-bond acceptors (Lipinski definition) is 7. The van der Waals surface area contributed by atoms with Crippen molar-refractivity contribution in [3.63, 3.8) is 0 Å². The van der Waals surface area contributed by atoms with E-state index in [0.717, 1.165) is 11.1 Å². The van der Waals surface area contributed by atoms with Crippen LogP contribution in [0.2, 0.25) is 0 Å². The van der Waals surface area contributed by atoms with E-state index < -0.39 is 34.2 Å². The largest absolute Gasteiger partial charge is 0.507 e. The number of nitrogens with one attached hydrogen (secondary N) is 1. The van der Waals surface area contributed by atoms with Crippen LogP contribution in [0.1, 0.15) is 40.9 Å². The Balaban J connectivity index is 1.82. The van der Waals surface area contributed by atoms with Gasteiger partial charge in [0, 0.05) is 18.7 Å². The number of methoxy groups -OCH3 is 1. The van der Waals surface area contributed by atoms with Crippen molar-refractivity contribution in [3.8, 4) is 17.2 Å². The number of allylic oxidation sites excluding steroid dienone is 3. The molecule has 3 N–H and O–H groups in total. The van der Waals surface area contributed by atoms with Crippen LogP contribution in [0, 0.1) is 6.92 Å². The van der Waals surface area contributed by atoms with Crippen molar-refractivity contribution in [3.05, 3.63) is 75.8 Å². The van der Waals surface area contributed by atoms with Gasteiger partial charge in [0.15, 0.2) is 17.3 Å². The van der Waals surface area contributed by atoms with Gasteiger partial charge in [-0.15, -0.1) is 0 Å². The normalized spacial score (nSPS) is 18.8. The molecule has 4 rings (SSSR count). The van der Waals surface area contributed by atoms with Crippen molar-refractivity contribution >= 4 is 17.5 Å². The summed E-state index contributed by atoms with van der Waals surface area (Å²) >= 11 is 0. The first kappa shape index (κ1) is 22.1. The van der Waals surface area contributed by atoms with Crippen molar-refractivity contribution in [2.75, 3.05) is 7.11 Å². The lowest BCUT2D eigenvalue weighted by Crippen LogP contribution is -2.38. The second-order valence-electron chi connectivity index (χ2n) is 8.17. The van der Waals surface area contributed by atoms with E-state index in [1.807, 2.05) is 31.2 Å². The number of carbonyl (C=O) groups is 3. The van der Waals surface area contributed by atoms with E-state index in [-0.39, 0.29) is 40.7 Å². The van der Waals surface area contributed by atoms with Gasteiger partial charge in [0.25, 0.3) is 5.91 Å². The minimum Gasteiger partial charge on any atom is -0.507 e. The fraction of sp³-hybridized carbons (Fsp3) is 0.240. The lowest BCUT2D eigenvalue weighted by atomic mass is 9.71. The van der Waals surface area contributed by atoms with E-state index in [1.165, 1.54) is 33.1 Å². The number of amides is 1. The molecule has 0 fully saturated rings. The van der Waals surface area contributed by atoms with E-state index in [0.29, 0.717) is 0 Å². The molecule has 8 heteroatoms. The summed E-state index contributed by atoms with van der Waals surface area (Å²) in [7, 11) is 1.34. The Morgan fingerprint density at radius 3 is 2.55 bits per heavy atom. The molecule has 8 nitrogen and oxygen atoms in total. The van der Waals surface area contributed by atoms with Crippen molar-refractivity contribution in [1.82, 2.24) is 5.32 Å². The number of carbonyl (C=O) groups excluding carboxylic acids is 3. The summed E-state index contributed by atoms with van der Waals surface area (Å²) < 4.78 is 11.2. The molecule has 0 unspecified atom stereocenters. The fourth-order valence-corrected chi connectivity index (χ4v) is 4.29. The topological polar surface area (TPSA) is 122 Å². The first-order valence-corrected chi connectivity index (χ1v) is 10.3. The fourth-order valence-electron chi connectivity index (χ4n) is 4.29. The van der Waals surface area contributed by atoms with E-state index in [9.17, 15) is 24.6 Å². The summed E-state index contributed by atoms with van der Waals surface area (Å²) in [4.78, 5) is 38.5. The summed E-state index contributed by atoms with van der Waals surface area (Å²) in [5.74, 6) is -2.75. The van der Waals surface area contributed by atoms with E-state index in [2.05, 4.69) is 5.32 Å². The highest BCUT2D eigenvalue weighted by Crippen LogP contribution is 2.56. The Hall–Kier alpha value is -4.07. The highest BCUT2D eigenvalue weighted by atomic mass is 16.5. The molecule has 0 radical (unpaired) electrons. The van der Waals surface area contributed by atoms with E-state index in [4.69, 9.17) is 9.47 Å². The Bertz CT molecular complexity index is 1290. The third-order valence-electron chi connectivity index (χ3n) is 6.13. The summed E-state index contributed by atoms with van der Waals surface area (Å²) in [6.45, 7) is 4.81. The molecule has 2 aliphatic rings. The number of ether oxygens (including phenoxy) is 2. The number of phenolic OH excluding ortho intramolecular Hbond substituents is 1. The maximum atomic E-state index is 13.3. The molecule has 0 spiro atoms. The van der Waals surface area contributed by atoms with Gasteiger partial charge in [-0.1, -0.05) is 24.3 Å². The van der Waals surface area contributed by atoms with Crippen LogP contribution < -0.4 is 14.8 Å². The second-order valence-corrected chi connectivity index (χ2v) is 8.17. The molecule has 1 aliphatic heterocycles. The van der Waals surface area contributed by atoms with Gasteiger partial charge in [0.05, 0.1) is 12.7 Å². The average Bonchev–Trinajstić information content (AvgIpc) is 3.06. The number of benzene rings is 2. The number of aliphatic hydroxyl groups is 1. The van der Waals surface area contributed by atoms with Crippen molar-refractivity contribution in [2.24, 2.45) is 0 Å². The minimum absolute atomic E-state index is 0.00140. The van der Waals surface area contributed by atoms with Gasteiger partial charge in [0.1, 0.15) is 39.6 Å². The maximum absolute atomic E-state index is 13.3. The molecular weight excluding hydrogens is 426 g/mol. The molecule has 1 atom stereocenters. The quantitative estimate of drug-likeness (QED) is 0.600. The van der Waals surface area contributed by atoms with Crippen LogP contribution in [-0.2, 0) is 21.5 Å². The number of aliphatic hydroxyl groups excluding tert-OH is 1. The molecule has 1 heterocycles. The zero-order chi connectivity index (χ0) is 24.1. The highest BCUT2D eigenvalue weighted by Gasteiger charge is 2.55. The average molecular weight is 449 g/mol. The zero-order valence-corrected chi connectivity index (χ0v) is 18.6. The maximum Gasteiger partial charge on any atom is 0.259 e. The van der Waals surface area contributed by atoms with Crippen molar-refractivity contribution in [2.45, 2.75) is 32.7 Å². The first-order chi connectivity index (χ1) is 15.6. The zero-order valence-electron chi connectivity index (χ0n) is 18.6. The highest BCUT2D eigenvalue weighted by molar-refractivity contribution is 6.25. The van der Waals surface area contributed by atoms with Gasteiger partial charge in [-0.2, -0.15) is 0 Å². The summed E-state index contributed by atoms with van der Waals surface area (Å²) in [5, 5.41) is 23.8. The number of ketones is 2. The van der Waals surface area contributed by atoms with Gasteiger partial charge < -0.3 is 25.0 Å². The predicted molar refractivity (Wildman–Crippen MR) is 118 cm³/mol. The summed E-state index contributed by atoms with van der Waals surface area (Å²) in [6.07, 6.45) is 1.17. The number of Topliss-reactive ketones (excluding diaryl/α,β-unsaturated/α-hetero) is 2. The number of phenols is 1. The van der Waals surface area contributed by atoms with Crippen LogP contribution in [0.3, 0.4) is 0 Å². The first-order valence-electron chi connectivity index (χ1n) is 10.3. The molecule has 0 saturated heterocycles. The lowest BCUT2D eigenvalue weighted by molar-refractivity contribution is -0.123. The number of aromatic hydroxyl groups is 1. The Morgan fingerprint density at radius 2 is 1.91 bits per heavy atom. The van der Waals surface area contributed by atoms with Gasteiger partial charge in [0.2, 0.25) is 0 Å². The van der Waals surface area contributed by atoms with Gasteiger partial charge >= 0.3 is 0 Å². The standard InChI is InChI=1S/C25H23NO7/c1-12-7-5-6-8-14(12)11-26-24(31)20-17(32-4)9-16(29)21-22(20)33-18-10-15(28)19(13(2)27)23(30)25(18,21)3/h5-10,28-29H,11H2,1-4H3,(H,26,31)/t25-/m1/s1. The number of fused-ring (bicyclic) bond motifs is 3. The molecule has 170 valence electrons. The second kappa shape index (κ2) is 7.81. The third kappa shape index (κ3) is 3.26. The smallest absolute Gasteiger partial charge is 0.259 e. The van der Waals surface area contributed by atoms with Crippen molar-refractivity contribution in [1.29, 1.82) is 0 Å². The molecule has 2 aromatic rings. The van der Waals surface area contributed by atoms with Gasteiger partial charge in [-0.3, -0.25) is 14.4 Å².